The predicted octanol–water partition coefficient (Wildman–Crippen LogP) is 2.59. The van der Waals surface area contributed by atoms with E-state index in [-0.39, 0.29) is 15.5 Å². The molecule has 0 bridgehead atoms. The molecular formula is C13H10ClN3O2S. The summed E-state index contributed by atoms with van der Waals surface area (Å²) >= 11 is 5.88. The largest absolute Gasteiger partial charge is 0.399 e. The number of anilines is 2. The normalized spacial score (nSPS) is 10.8. The molecule has 0 aliphatic rings. The number of rotatable bonds is 3. The van der Waals surface area contributed by atoms with Crippen LogP contribution in [-0.2, 0) is 10.0 Å². The van der Waals surface area contributed by atoms with Crippen LogP contribution < -0.4 is 10.5 Å². The second kappa shape index (κ2) is 5.41. The smallest absolute Gasteiger partial charge is 0.263 e. The van der Waals surface area contributed by atoms with Crippen LogP contribution in [0.1, 0.15) is 5.56 Å². The molecule has 0 spiro atoms. The second-order valence-corrected chi connectivity index (χ2v) is 6.05. The van der Waals surface area contributed by atoms with Crippen LogP contribution in [0.25, 0.3) is 0 Å². The molecule has 7 heteroatoms. The Kier molecular flexibility index (Phi) is 3.84. The van der Waals surface area contributed by atoms with E-state index in [0.717, 1.165) is 0 Å². The third-order valence-electron chi connectivity index (χ3n) is 2.49. The summed E-state index contributed by atoms with van der Waals surface area (Å²) in [6.07, 6.45) is 0. The molecule has 0 unspecified atom stereocenters. The molecule has 0 aromatic heterocycles. The van der Waals surface area contributed by atoms with Crippen LogP contribution in [0.15, 0.2) is 47.4 Å². The van der Waals surface area contributed by atoms with Crippen molar-refractivity contribution in [3.8, 4) is 6.07 Å². The molecule has 0 saturated heterocycles. The molecule has 0 amide bonds. The number of hydrogen-bond donors (Lipinski definition) is 2. The first-order valence-corrected chi connectivity index (χ1v) is 7.36. The van der Waals surface area contributed by atoms with Crippen LogP contribution in [0.2, 0.25) is 5.02 Å². The van der Waals surface area contributed by atoms with E-state index in [1.807, 2.05) is 6.07 Å². The zero-order valence-corrected chi connectivity index (χ0v) is 11.7. The first kappa shape index (κ1) is 14.2. The average molecular weight is 308 g/mol. The van der Waals surface area contributed by atoms with E-state index in [2.05, 4.69) is 4.72 Å². The van der Waals surface area contributed by atoms with Crippen LogP contribution in [0, 0.1) is 11.3 Å². The number of benzene rings is 2. The average Bonchev–Trinajstić information content (AvgIpc) is 2.38. The fourth-order valence-electron chi connectivity index (χ4n) is 1.59. The highest BCUT2D eigenvalue weighted by Gasteiger charge is 2.18. The minimum absolute atomic E-state index is 0.0420. The number of sulfonamides is 1. The van der Waals surface area contributed by atoms with Crippen LogP contribution in [0.3, 0.4) is 0 Å². The lowest BCUT2D eigenvalue weighted by molar-refractivity contribution is 0.601. The van der Waals surface area contributed by atoms with Gasteiger partial charge >= 0.3 is 0 Å². The summed E-state index contributed by atoms with van der Waals surface area (Å²) in [5.74, 6) is 0. The number of nitrogen functional groups attached to an aromatic ring is 1. The number of hydrogen-bond acceptors (Lipinski definition) is 4. The number of nitrogens with two attached hydrogens (primary N) is 1. The van der Waals surface area contributed by atoms with Crippen LogP contribution in [0.4, 0.5) is 11.4 Å². The molecule has 0 aliphatic carbocycles. The summed E-state index contributed by atoms with van der Waals surface area (Å²) < 4.78 is 26.9. The fraction of sp³-hybridized carbons (Fsp3) is 0. The van der Waals surface area contributed by atoms with Gasteiger partial charge in [-0.15, -0.1) is 0 Å². The molecule has 0 radical (unpaired) electrons. The maximum atomic E-state index is 12.3. The third-order valence-corrected chi connectivity index (χ3v) is 4.35. The van der Waals surface area contributed by atoms with Crippen molar-refractivity contribution in [3.63, 3.8) is 0 Å². The second-order valence-electron chi connectivity index (χ2n) is 3.99. The summed E-state index contributed by atoms with van der Waals surface area (Å²) in [6.45, 7) is 0. The Hall–Kier alpha value is -2.23. The van der Waals surface area contributed by atoms with E-state index in [0.29, 0.717) is 11.4 Å². The summed E-state index contributed by atoms with van der Waals surface area (Å²) in [4.78, 5) is -0.152. The molecular weight excluding hydrogens is 298 g/mol. The molecule has 20 heavy (non-hydrogen) atoms. The summed E-state index contributed by atoms with van der Waals surface area (Å²) in [6, 6.07) is 12.2. The van der Waals surface area contributed by atoms with E-state index in [9.17, 15) is 8.42 Å². The Bertz CT molecular complexity index is 798. The minimum atomic E-state index is -3.88. The van der Waals surface area contributed by atoms with Gasteiger partial charge in [-0.25, -0.2) is 8.42 Å². The van der Waals surface area contributed by atoms with Crippen molar-refractivity contribution in [2.24, 2.45) is 0 Å². The maximum Gasteiger partial charge on any atom is 0.263 e. The quantitative estimate of drug-likeness (QED) is 0.852. The van der Waals surface area contributed by atoms with Crippen molar-refractivity contribution in [1.29, 1.82) is 5.26 Å². The van der Waals surface area contributed by atoms with Crippen molar-refractivity contribution in [2.75, 3.05) is 10.5 Å². The SMILES string of the molecule is N#Cc1ccc(Cl)c(S(=O)(=O)Nc2cccc(N)c2)c1. The van der Waals surface area contributed by atoms with Gasteiger partial charge in [0.2, 0.25) is 0 Å². The minimum Gasteiger partial charge on any atom is -0.399 e. The molecule has 0 atom stereocenters. The van der Waals surface area contributed by atoms with Gasteiger partial charge in [-0.05, 0) is 36.4 Å². The topological polar surface area (TPSA) is 96.0 Å². The zero-order valence-electron chi connectivity index (χ0n) is 10.2. The maximum absolute atomic E-state index is 12.3. The number of halogens is 1. The molecule has 2 aromatic carbocycles. The fourth-order valence-corrected chi connectivity index (χ4v) is 3.17. The van der Waals surface area contributed by atoms with Gasteiger partial charge in [0.25, 0.3) is 10.0 Å². The summed E-state index contributed by atoms with van der Waals surface area (Å²) in [5, 5.41) is 8.86. The van der Waals surface area contributed by atoms with Crippen LogP contribution in [-0.4, -0.2) is 8.42 Å². The lowest BCUT2D eigenvalue weighted by Crippen LogP contribution is -2.13. The molecule has 5 nitrogen and oxygen atoms in total. The highest BCUT2D eigenvalue weighted by molar-refractivity contribution is 7.92. The van der Waals surface area contributed by atoms with Crippen molar-refractivity contribution in [3.05, 3.63) is 53.1 Å². The third kappa shape index (κ3) is 3.02. The van der Waals surface area contributed by atoms with Gasteiger partial charge in [0.05, 0.1) is 22.3 Å². The predicted molar refractivity (Wildman–Crippen MR) is 77.8 cm³/mol. The van der Waals surface area contributed by atoms with E-state index in [4.69, 9.17) is 22.6 Å². The molecule has 3 N–H and O–H groups in total. The first-order chi connectivity index (χ1) is 9.42. The van der Waals surface area contributed by atoms with Crippen molar-refractivity contribution in [2.45, 2.75) is 4.90 Å². The molecule has 0 aliphatic heterocycles. The van der Waals surface area contributed by atoms with E-state index in [1.54, 1.807) is 18.2 Å². The molecule has 2 aromatic rings. The monoisotopic (exact) mass is 307 g/mol. The van der Waals surface area contributed by atoms with Gasteiger partial charge in [-0.2, -0.15) is 5.26 Å². The molecule has 102 valence electrons. The van der Waals surface area contributed by atoms with Crippen molar-refractivity contribution < 1.29 is 8.42 Å². The summed E-state index contributed by atoms with van der Waals surface area (Å²) in [7, 11) is -3.88. The Morgan fingerprint density at radius 1 is 1.20 bits per heavy atom. The Labute approximate surface area is 121 Å². The Balaban J connectivity index is 2.43. The Morgan fingerprint density at radius 3 is 2.60 bits per heavy atom. The van der Waals surface area contributed by atoms with Gasteiger partial charge in [-0.3, -0.25) is 4.72 Å². The molecule has 0 saturated carbocycles. The standard InChI is InChI=1S/C13H10ClN3O2S/c14-12-5-4-9(8-15)6-13(12)20(18,19)17-11-3-1-2-10(16)7-11/h1-7,17H,16H2. The number of nitrogens with zero attached hydrogens (tertiary/aromatic N) is 1. The van der Waals surface area contributed by atoms with Crippen LogP contribution in [0.5, 0.6) is 0 Å². The van der Waals surface area contributed by atoms with Gasteiger partial charge in [0.1, 0.15) is 4.90 Å². The van der Waals surface area contributed by atoms with Gasteiger partial charge < -0.3 is 5.73 Å². The highest BCUT2D eigenvalue weighted by atomic mass is 35.5. The van der Waals surface area contributed by atoms with E-state index in [1.165, 1.54) is 24.3 Å². The van der Waals surface area contributed by atoms with E-state index >= 15 is 0 Å². The highest BCUT2D eigenvalue weighted by Crippen LogP contribution is 2.25. The van der Waals surface area contributed by atoms with Gasteiger partial charge in [0.15, 0.2) is 0 Å². The lowest BCUT2D eigenvalue weighted by atomic mass is 10.2. The molecule has 2 rings (SSSR count). The van der Waals surface area contributed by atoms with Crippen molar-refractivity contribution in [1.82, 2.24) is 0 Å². The zero-order chi connectivity index (χ0) is 14.8. The Morgan fingerprint density at radius 2 is 1.95 bits per heavy atom. The number of nitrogens with one attached hydrogen (secondary N) is 1. The number of nitriles is 1. The molecule has 0 fully saturated rings. The van der Waals surface area contributed by atoms with Crippen molar-refractivity contribution >= 4 is 33.0 Å². The summed E-state index contributed by atoms with van der Waals surface area (Å²) in [5.41, 5.74) is 6.55. The first-order valence-electron chi connectivity index (χ1n) is 5.50. The van der Waals surface area contributed by atoms with Gasteiger partial charge in [-0.1, -0.05) is 17.7 Å². The lowest BCUT2D eigenvalue weighted by Gasteiger charge is -2.10. The molecule has 0 heterocycles. The van der Waals surface area contributed by atoms with Gasteiger partial charge in [0, 0.05) is 5.69 Å². The van der Waals surface area contributed by atoms with E-state index < -0.39 is 10.0 Å². The van der Waals surface area contributed by atoms with Crippen LogP contribution >= 0.6 is 11.6 Å².